The topological polar surface area (TPSA) is 99.3 Å². The monoisotopic (exact) mass is 479 g/mol. The number of aromatic nitrogens is 2. The first-order valence-electron chi connectivity index (χ1n) is 11.6. The van der Waals surface area contributed by atoms with E-state index in [4.69, 9.17) is 4.74 Å². The van der Waals surface area contributed by atoms with Crippen molar-refractivity contribution in [1.29, 1.82) is 0 Å². The van der Waals surface area contributed by atoms with Crippen LogP contribution in [0.1, 0.15) is 44.4 Å². The molecule has 0 bridgehead atoms. The number of aryl methyl sites for hydroxylation is 1. The standard InChI is InChI=1S/C25H29N5O3S/c1-15-5-6-17(19-4-3-11-26-22(15)19)14-33-18-9-7-16(8-10-18)23(31)27-21-13-30(2)12-20(21)24-28-29-25(32)34-24/h5-10,20-21,26H,3-4,11-14H2,1-2H3,(H,27,31)(H,29,32)/t20-,21+/m0/s1. The second kappa shape index (κ2) is 9.60. The van der Waals surface area contributed by atoms with E-state index in [1.807, 2.05) is 19.2 Å². The van der Waals surface area contributed by atoms with E-state index >= 15 is 0 Å². The van der Waals surface area contributed by atoms with Crippen LogP contribution in [0.2, 0.25) is 0 Å². The maximum Gasteiger partial charge on any atom is 0.322 e. The number of likely N-dealkylation sites (N-methyl/N-ethyl adjacent to an activating group) is 1. The summed E-state index contributed by atoms with van der Waals surface area (Å²) < 4.78 is 6.05. The molecule has 2 aliphatic heterocycles. The van der Waals surface area contributed by atoms with Crippen LogP contribution in [0.4, 0.5) is 5.69 Å². The number of likely N-dealkylation sites (tertiary alicyclic amines) is 1. The molecule has 0 aliphatic carbocycles. The van der Waals surface area contributed by atoms with Crippen LogP contribution in [0.3, 0.4) is 0 Å². The molecular formula is C25H29N5O3S. The number of aromatic amines is 1. The third-order valence-electron chi connectivity index (χ3n) is 6.63. The summed E-state index contributed by atoms with van der Waals surface area (Å²) in [6.07, 6.45) is 2.19. The Morgan fingerprint density at radius 2 is 2.06 bits per heavy atom. The number of carbonyl (C=O) groups excluding carboxylic acids is 1. The van der Waals surface area contributed by atoms with Crippen LogP contribution in [-0.4, -0.2) is 53.7 Å². The number of ether oxygens (including phenoxy) is 1. The van der Waals surface area contributed by atoms with E-state index in [0.29, 0.717) is 18.7 Å². The third kappa shape index (κ3) is 4.71. The van der Waals surface area contributed by atoms with Crippen molar-refractivity contribution < 1.29 is 9.53 Å². The van der Waals surface area contributed by atoms with Crippen molar-refractivity contribution in [2.75, 3.05) is 32.0 Å². The summed E-state index contributed by atoms with van der Waals surface area (Å²) in [6, 6.07) is 11.4. The molecule has 0 radical (unpaired) electrons. The van der Waals surface area contributed by atoms with Gasteiger partial charge in [-0.2, -0.15) is 5.10 Å². The van der Waals surface area contributed by atoms with Gasteiger partial charge >= 0.3 is 4.87 Å². The molecule has 3 aromatic rings. The predicted molar refractivity (Wildman–Crippen MR) is 133 cm³/mol. The van der Waals surface area contributed by atoms with Gasteiger partial charge in [-0.3, -0.25) is 9.59 Å². The van der Waals surface area contributed by atoms with Gasteiger partial charge in [0.15, 0.2) is 0 Å². The first-order chi connectivity index (χ1) is 16.5. The highest BCUT2D eigenvalue weighted by Gasteiger charge is 2.35. The van der Waals surface area contributed by atoms with Crippen molar-refractivity contribution in [2.45, 2.75) is 38.3 Å². The maximum atomic E-state index is 12.9. The van der Waals surface area contributed by atoms with Crippen molar-refractivity contribution in [3.63, 3.8) is 0 Å². The molecular weight excluding hydrogens is 450 g/mol. The van der Waals surface area contributed by atoms with Gasteiger partial charge in [-0.25, -0.2) is 5.10 Å². The Balaban J connectivity index is 1.22. The second-order valence-electron chi connectivity index (χ2n) is 9.10. The van der Waals surface area contributed by atoms with Crippen molar-refractivity contribution >= 4 is 22.9 Å². The minimum Gasteiger partial charge on any atom is -0.489 e. The highest BCUT2D eigenvalue weighted by molar-refractivity contribution is 7.08. The molecule has 3 heterocycles. The number of H-pyrrole nitrogens is 1. The fraction of sp³-hybridized carbons (Fsp3) is 0.400. The van der Waals surface area contributed by atoms with E-state index in [2.05, 4.69) is 44.8 Å². The molecule has 8 nitrogen and oxygen atoms in total. The predicted octanol–water partition coefficient (Wildman–Crippen LogP) is 2.90. The van der Waals surface area contributed by atoms with Gasteiger partial charge in [0.05, 0.1) is 6.04 Å². The molecule has 5 rings (SSSR count). The van der Waals surface area contributed by atoms with Crippen LogP contribution in [0.15, 0.2) is 41.2 Å². The minimum atomic E-state index is -0.173. The Morgan fingerprint density at radius 3 is 2.82 bits per heavy atom. The molecule has 1 saturated heterocycles. The first kappa shape index (κ1) is 22.6. The van der Waals surface area contributed by atoms with E-state index < -0.39 is 0 Å². The molecule has 0 saturated carbocycles. The minimum absolute atomic E-state index is 0.00423. The van der Waals surface area contributed by atoms with E-state index in [1.165, 1.54) is 22.4 Å². The molecule has 178 valence electrons. The van der Waals surface area contributed by atoms with Crippen molar-refractivity contribution in [1.82, 2.24) is 20.4 Å². The van der Waals surface area contributed by atoms with Crippen molar-refractivity contribution in [3.8, 4) is 5.75 Å². The smallest absolute Gasteiger partial charge is 0.322 e. The van der Waals surface area contributed by atoms with Crippen LogP contribution in [-0.2, 0) is 13.0 Å². The average Bonchev–Trinajstić information content (AvgIpc) is 3.44. The van der Waals surface area contributed by atoms with Gasteiger partial charge in [-0.1, -0.05) is 23.5 Å². The van der Waals surface area contributed by atoms with Gasteiger partial charge in [0.1, 0.15) is 17.4 Å². The van der Waals surface area contributed by atoms with Gasteiger partial charge in [0, 0.05) is 36.8 Å². The zero-order valence-corrected chi connectivity index (χ0v) is 20.2. The lowest BCUT2D eigenvalue weighted by Crippen LogP contribution is -2.39. The second-order valence-corrected chi connectivity index (χ2v) is 10.1. The fourth-order valence-electron chi connectivity index (χ4n) is 4.87. The highest BCUT2D eigenvalue weighted by Crippen LogP contribution is 2.30. The molecule has 2 atom stereocenters. The zero-order valence-electron chi connectivity index (χ0n) is 19.4. The number of hydrogen-bond donors (Lipinski definition) is 3. The SMILES string of the molecule is Cc1ccc(COc2ccc(C(=O)N[C@@H]3CN(C)C[C@@H]3c3n[nH]c(=O)s3)cc2)c2c1NCCC2. The summed E-state index contributed by atoms with van der Waals surface area (Å²) in [4.78, 5) is 26.4. The van der Waals surface area contributed by atoms with E-state index in [9.17, 15) is 9.59 Å². The quantitative estimate of drug-likeness (QED) is 0.503. The normalized spacial score (nSPS) is 19.9. The Labute approximate surface area is 202 Å². The molecule has 1 aromatic heterocycles. The molecule has 2 aromatic carbocycles. The molecule has 34 heavy (non-hydrogen) atoms. The molecule has 9 heteroatoms. The number of amides is 1. The first-order valence-corrected chi connectivity index (χ1v) is 12.4. The van der Waals surface area contributed by atoms with Crippen LogP contribution >= 0.6 is 11.3 Å². The van der Waals surface area contributed by atoms with E-state index in [0.717, 1.165) is 48.0 Å². The van der Waals surface area contributed by atoms with Gasteiger partial charge in [-0.15, -0.1) is 0 Å². The number of hydrogen-bond acceptors (Lipinski definition) is 7. The number of nitrogens with zero attached hydrogens (tertiary/aromatic N) is 2. The summed E-state index contributed by atoms with van der Waals surface area (Å²) in [5, 5.41) is 14.0. The number of fused-ring (bicyclic) bond motifs is 1. The van der Waals surface area contributed by atoms with Crippen LogP contribution in [0, 0.1) is 6.92 Å². The molecule has 0 spiro atoms. The zero-order chi connectivity index (χ0) is 23.7. The van der Waals surface area contributed by atoms with Gasteiger partial charge in [-0.05, 0) is 67.8 Å². The summed E-state index contributed by atoms with van der Waals surface area (Å²) in [5.41, 5.74) is 5.64. The molecule has 3 N–H and O–H groups in total. The highest BCUT2D eigenvalue weighted by atomic mass is 32.1. The van der Waals surface area contributed by atoms with Crippen LogP contribution in [0.25, 0.3) is 0 Å². The Bertz CT molecular complexity index is 1240. The average molecular weight is 480 g/mol. The summed E-state index contributed by atoms with van der Waals surface area (Å²) >= 11 is 1.11. The Kier molecular flexibility index (Phi) is 6.38. The van der Waals surface area contributed by atoms with Crippen LogP contribution < -0.4 is 20.2 Å². The van der Waals surface area contributed by atoms with E-state index in [1.54, 1.807) is 12.1 Å². The number of nitrogens with one attached hydrogen (secondary N) is 3. The fourth-order valence-corrected chi connectivity index (χ4v) is 5.63. The summed E-state index contributed by atoms with van der Waals surface area (Å²) in [7, 11) is 2.00. The molecule has 2 aliphatic rings. The molecule has 0 unspecified atom stereocenters. The number of carbonyl (C=O) groups is 1. The Hall–Kier alpha value is -3.17. The molecule has 1 amide bonds. The summed E-state index contributed by atoms with van der Waals surface area (Å²) in [5.74, 6) is 0.586. The van der Waals surface area contributed by atoms with Crippen LogP contribution in [0.5, 0.6) is 5.75 Å². The van der Waals surface area contributed by atoms with E-state index in [-0.39, 0.29) is 22.7 Å². The number of benzene rings is 2. The number of anilines is 1. The third-order valence-corrected chi connectivity index (χ3v) is 7.51. The largest absolute Gasteiger partial charge is 0.489 e. The van der Waals surface area contributed by atoms with Gasteiger partial charge in [0.25, 0.3) is 5.91 Å². The number of rotatable bonds is 6. The van der Waals surface area contributed by atoms with Gasteiger partial charge in [0.2, 0.25) is 0 Å². The molecule has 1 fully saturated rings. The Morgan fingerprint density at radius 1 is 1.24 bits per heavy atom. The lowest BCUT2D eigenvalue weighted by atomic mass is 9.95. The lowest BCUT2D eigenvalue weighted by Gasteiger charge is -2.23. The maximum absolute atomic E-state index is 12.9. The summed E-state index contributed by atoms with van der Waals surface area (Å²) in [6.45, 7) is 5.10. The van der Waals surface area contributed by atoms with Crippen molar-refractivity contribution in [2.24, 2.45) is 0 Å². The van der Waals surface area contributed by atoms with Crippen molar-refractivity contribution in [3.05, 3.63) is 73.3 Å². The van der Waals surface area contributed by atoms with Gasteiger partial charge < -0.3 is 20.3 Å². The lowest BCUT2D eigenvalue weighted by molar-refractivity contribution is 0.0935.